The van der Waals surface area contributed by atoms with E-state index in [0.29, 0.717) is 18.0 Å². The van der Waals surface area contributed by atoms with Crippen molar-refractivity contribution in [1.82, 2.24) is 5.32 Å². The lowest BCUT2D eigenvalue weighted by atomic mass is 9.79. The van der Waals surface area contributed by atoms with Gasteiger partial charge in [-0.05, 0) is 30.5 Å². The number of nitrogens with one attached hydrogen (secondary N) is 1. The van der Waals surface area contributed by atoms with Gasteiger partial charge in [-0.2, -0.15) is 13.2 Å². The molecule has 4 heteroatoms. The molecule has 0 amide bonds. The van der Waals surface area contributed by atoms with Gasteiger partial charge in [0.15, 0.2) is 0 Å². The highest BCUT2D eigenvalue weighted by atomic mass is 19.4. The standard InChI is InChI=1S/C15H20F3N/c1-2-19-14(10-11-6-5-7-11)12-8-3-4-9-13(12)15(16,17)18/h3-4,8-9,11,14,19H,2,5-7,10H2,1H3. The van der Waals surface area contributed by atoms with Gasteiger partial charge in [-0.3, -0.25) is 0 Å². The first kappa shape index (κ1) is 14.4. The van der Waals surface area contributed by atoms with Gasteiger partial charge in [-0.1, -0.05) is 44.4 Å². The molecular weight excluding hydrogens is 251 g/mol. The molecule has 1 aromatic rings. The number of rotatable bonds is 5. The largest absolute Gasteiger partial charge is 0.416 e. The Kier molecular flexibility index (Phi) is 4.50. The number of alkyl halides is 3. The van der Waals surface area contributed by atoms with Crippen molar-refractivity contribution in [2.75, 3.05) is 6.54 Å². The molecule has 1 nitrogen and oxygen atoms in total. The zero-order valence-corrected chi connectivity index (χ0v) is 11.1. The first-order valence-corrected chi connectivity index (χ1v) is 6.92. The summed E-state index contributed by atoms with van der Waals surface area (Å²) >= 11 is 0. The van der Waals surface area contributed by atoms with E-state index in [9.17, 15) is 13.2 Å². The molecule has 0 aromatic heterocycles. The van der Waals surface area contributed by atoms with Gasteiger partial charge in [-0.25, -0.2) is 0 Å². The molecule has 1 saturated carbocycles. The summed E-state index contributed by atoms with van der Waals surface area (Å²) in [7, 11) is 0. The molecule has 0 saturated heterocycles. The van der Waals surface area contributed by atoms with Crippen LogP contribution in [0.4, 0.5) is 13.2 Å². The van der Waals surface area contributed by atoms with Crippen molar-refractivity contribution in [2.45, 2.75) is 44.8 Å². The summed E-state index contributed by atoms with van der Waals surface area (Å²) in [6, 6.07) is 5.75. The van der Waals surface area contributed by atoms with E-state index in [2.05, 4.69) is 5.32 Å². The molecule has 1 aromatic carbocycles. The molecule has 0 heterocycles. The minimum Gasteiger partial charge on any atom is -0.310 e. The maximum atomic E-state index is 13.1. The number of hydrogen-bond donors (Lipinski definition) is 1. The van der Waals surface area contributed by atoms with Gasteiger partial charge >= 0.3 is 6.18 Å². The summed E-state index contributed by atoms with van der Waals surface area (Å²) in [4.78, 5) is 0. The topological polar surface area (TPSA) is 12.0 Å². The van der Waals surface area contributed by atoms with Gasteiger partial charge in [0.2, 0.25) is 0 Å². The van der Waals surface area contributed by atoms with Crippen LogP contribution in [0.25, 0.3) is 0 Å². The molecule has 1 fully saturated rings. The van der Waals surface area contributed by atoms with E-state index in [1.54, 1.807) is 12.1 Å². The minimum atomic E-state index is -4.27. The fourth-order valence-electron chi connectivity index (χ4n) is 2.69. The molecule has 2 rings (SSSR count). The van der Waals surface area contributed by atoms with E-state index in [0.717, 1.165) is 19.3 Å². The third-order valence-electron chi connectivity index (χ3n) is 3.89. The smallest absolute Gasteiger partial charge is 0.310 e. The summed E-state index contributed by atoms with van der Waals surface area (Å²) in [5.41, 5.74) is -0.107. The lowest BCUT2D eigenvalue weighted by Gasteiger charge is -2.31. The SMILES string of the molecule is CCNC(CC1CCC1)c1ccccc1C(F)(F)F. The van der Waals surface area contributed by atoms with Gasteiger partial charge in [-0.15, -0.1) is 0 Å². The number of hydrogen-bond acceptors (Lipinski definition) is 1. The van der Waals surface area contributed by atoms with Gasteiger partial charge < -0.3 is 5.32 Å². The van der Waals surface area contributed by atoms with Gasteiger partial charge in [0.1, 0.15) is 0 Å². The van der Waals surface area contributed by atoms with Crippen molar-refractivity contribution in [1.29, 1.82) is 0 Å². The van der Waals surface area contributed by atoms with E-state index < -0.39 is 11.7 Å². The van der Waals surface area contributed by atoms with Crippen LogP contribution in [-0.2, 0) is 6.18 Å². The number of benzene rings is 1. The maximum absolute atomic E-state index is 13.1. The molecule has 1 N–H and O–H groups in total. The zero-order valence-electron chi connectivity index (χ0n) is 11.1. The fourth-order valence-corrected chi connectivity index (χ4v) is 2.69. The predicted molar refractivity (Wildman–Crippen MR) is 69.8 cm³/mol. The molecule has 19 heavy (non-hydrogen) atoms. The van der Waals surface area contributed by atoms with E-state index >= 15 is 0 Å². The van der Waals surface area contributed by atoms with Crippen molar-refractivity contribution in [3.8, 4) is 0 Å². The summed E-state index contributed by atoms with van der Waals surface area (Å²) in [5.74, 6) is 0.574. The minimum absolute atomic E-state index is 0.187. The Balaban J connectivity index is 2.24. The van der Waals surface area contributed by atoms with Gasteiger partial charge in [0.05, 0.1) is 5.56 Å². The summed E-state index contributed by atoms with van der Waals surface area (Å²) in [6.07, 6.45) is 0.0431. The molecule has 1 unspecified atom stereocenters. The van der Waals surface area contributed by atoms with Crippen LogP contribution in [0.3, 0.4) is 0 Å². The summed E-state index contributed by atoms with van der Waals surface area (Å²) in [5, 5.41) is 3.21. The molecule has 1 aliphatic rings. The van der Waals surface area contributed by atoms with Crippen LogP contribution >= 0.6 is 0 Å². The molecular formula is C15H20F3N. The third kappa shape index (κ3) is 3.50. The summed E-state index contributed by atoms with van der Waals surface area (Å²) < 4.78 is 39.2. The predicted octanol–water partition coefficient (Wildman–Crippen LogP) is 4.55. The van der Waals surface area contributed by atoms with Crippen molar-refractivity contribution in [2.24, 2.45) is 5.92 Å². The average Bonchev–Trinajstić information content (AvgIpc) is 2.31. The molecule has 0 bridgehead atoms. The Labute approximate surface area is 112 Å². The molecule has 1 aliphatic carbocycles. The van der Waals surface area contributed by atoms with Crippen LogP contribution in [0.1, 0.15) is 49.8 Å². The second kappa shape index (κ2) is 5.95. The first-order valence-electron chi connectivity index (χ1n) is 6.92. The second-order valence-corrected chi connectivity index (χ2v) is 5.23. The Morgan fingerprint density at radius 3 is 2.47 bits per heavy atom. The van der Waals surface area contributed by atoms with Crippen molar-refractivity contribution in [3.05, 3.63) is 35.4 Å². The highest BCUT2D eigenvalue weighted by Crippen LogP contribution is 2.39. The molecule has 106 valence electrons. The van der Waals surface area contributed by atoms with Gasteiger partial charge in [0.25, 0.3) is 0 Å². The van der Waals surface area contributed by atoms with Gasteiger partial charge in [0, 0.05) is 6.04 Å². The zero-order chi connectivity index (χ0) is 13.9. The normalized spacial score (nSPS) is 18.1. The van der Waals surface area contributed by atoms with Crippen LogP contribution < -0.4 is 5.32 Å². The molecule has 0 spiro atoms. The monoisotopic (exact) mass is 271 g/mol. The number of halogens is 3. The van der Waals surface area contributed by atoms with E-state index in [-0.39, 0.29) is 6.04 Å². The van der Waals surface area contributed by atoms with E-state index in [1.807, 2.05) is 6.92 Å². The van der Waals surface area contributed by atoms with E-state index in [1.165, 1.54) is 18.6 Å². The summed E-state index contributed by atoms with van der Waals surface area (Å²) in [6.45, 7) is 2.62. The Morgan fingerprint density at radius 2 is 1.95 bits per heavy atom. The molecule has 1 atom stereocenters. The fraction of sp³-hybridized carbons (Fsp3) is 0.600. The van der Waals surface area contributed by atoms with Crippen LogP contribution in [0, 0.1) is 5.92 Å². The maximum Gasteiger partial charge on any atom is 0.416 e. The van der Waals surface area contributed by atoms with Crippen LogP contribution in [0.2, 0.25) is 0 Å². The van der Waals surface area contributed by atoms with Crippen molar-refractivity contribution < 1.29 is 13.2 Å². The Hall–Kier alpha value is -1.03. The Morgan fingerprint density at radius 1 is 1.26 bits per heavy atom. The molecule has 0 radical (unpaired) electrons. The van der Waals surface area contributed by atoms with Crippen LogP contribution in [0.15, 0.2) is 24.3 Å². The lowest BCUT2D eigenvalue weighted by molar-refractivity contribution is -0.138. The van der Waals surface area contributed by atoms with Crippen LogP contribution in [0.5, 0.6) is 0 Å². The first-order chi connectivity index (χ1) is 9.02. The average molecular weight is 271 g/mol. The van der Waals surface area contributed by atoms with Crippen molar-refractivity contribution >= 4 is 0 Å². The second-order valence-electron chi connectivity index (χ2n) is 5.23. The van der Waals surface area contributed by atoms with Crippen LogP contribution in [-0.4, -0.2) is 6.54 Å². The Bertz CT molecular complexity index is 410. The highest BCUT2D eigenvalue weighted by Gasteiger charge is 2.35. The van der Waals surface area contributed by atoms with Crippen molar-refractivity contribution in [3.63, 3.8) is 0 Å². The molecule has 0 aliphatic heterocycles. The van der Waals surface area contributed by atoms with E-state index in [4.69, 9.17) is 0 Å². The lowest BCUT2D eigenvalue weighted by Crippen LogP contribution is -2.28. The quantitative estimate of drug-likeness (QED) is 0.828. The third-order valence-corrected chi connectivity index (χ3v) is 3.89. The highest BCUT2D eigenvalue weighted by molar-refractivity contribution is 5.32.